The predicted octanol–water partition coefficient (Wildman–Crippen LogP) is 1.04. The number of pyridine rings is 1. The van der Waals surface area contributed by atoms with Crippen molar-refractivity contribution >= 4 is 16.8 Å². The molecule has 0 bridgehead atoms. The van der Waals surface area contributed by atoms with E-state index in [-0.39, 0.29) is 17.0 Å². The Bertz CT molecular complexity index is 735. The van der Waals surface area contributed by atoms with Crippen molar-refractivity contribution < 1.29 is 9.90 Å². The number of aliphatic hydroxyl groups is 1. The molecule has 0 aliphatic carbocycles. The Balaban J connectivity index is 2.12. The lowest BCUT2D eigenvalue weighted by molar-refractivity contribution is 0.0762. The molecule has 1 amide bonds. The third-order valence-corrected chi connectivity index (χ3v) is 3.85. The van der Waals surface area contributed by atoms with Gasteiger partial charge in [0, 0.05) is 24.0 Å². The van der Waals surface area contributed by atoms with Crippen LogP contribution in [0.1, 0.15) is 22.3 Å². The summed E-state index contributed by atoms with van der Waals surface area (Å²) >= 11 is 0. The number of amides is 1. The summed E-state index contributed by atoms with van der Waals surface area (Å²) in [5.41, 5.74) is 1.23. The van der Waals surface area contributed by atoms with Crippen molar-refractivity contribution in [3.8, 4) is 0 Å². The Morgan fingerprint density at radius 2 is 2.15 bits per heavy atom. The highest BCUT2D eigenvalue weighted by Gasteiger charge is 2.28. The zero-order valence-electron chi connectivity index (χ0n) is 11.2. The van der Waals surface area contributed by atoms with Gasteiger partial charge in [-0.3, -0.25) is 9.59 Å². The minimum atomic E-state index is -0.487. The lowest BCUT2D eigenvalue weighted by atomic mass is 10.0. The first-order valence-electron chi connectivity index (χ1n) is 6.67. The Hall–Kier alpha value is -2.14. The lowest BCUT2D eigenvalue weighted by Crippen LogP contribution is -2.34. The number of nitrogens with zero attached hydrogens (tertiary/aromatic N) is 1. The third kappa shape index (κ3) is 2.00. The molecule has 2 heterocycles. The average molecular weight is 272 g/mol. The van der Waals surface area contributed by atoms with E-state index >= 15 is 0 Å². The fourth-order valence-corrected chi connectivity index (χ4v) is 2.75. The van der Waals surface area contributed by atoms with Gasteiger partial charge in [-0.15, -0.1) is 0 Å². The Morgan fingerprint density at radius 1 is 1.40 bits per heavy atom. The molecular weight excluding hydrogens is 256 g/mol. The lowest BCUT2D eigenvalue weighted by Gasteiger charge is -2.17. The van der Waals surface area contributed by atoms with Gasteiger partial charge in [0.1, 0.15) is 5.56 Å². The molecular formula is C15H16N2O3. The molecule has 1 aromatic carbocycles. The first kappa shape index (κ1) is 12.9. The maximum absolute atomic E-state index is 12.5. The van der Waals surface area contributed by atoms with Crippen LogP contribution >= 0.6 is 0 Å². The monoisotopic (exact) mass is 272 g/mol. The quantitative estimate of drug-likeness (QED) is 0.814. The predicted molar refractivity (Wildman–Crippen MR) is 75.8 cm³/mol. The average Bonchev–Trinajstić information content (AvgIpc) is 2.85. The normalized spacial score (nSPS) is 18.7. The molecule has 20 heavy (non-hydrogen) atoms. The summed E-state index contributed by atoms with van der Waals surface area (Å²) in [4.78, 5) is 28.9. The van der Waals surface area contributed by atoms with E-state index < -0.39 is 6.10 Å². The molecule has 0 saturated carbocycles. The number of para-hydroxylation sites is 1. The van der Waals surface area contributed by atoms with Crippen LogP contribution in [-0.4, -0.2) is 40.1 Å². The van der Waals surface area contributed by atoms with Crippen LogP contribution in [0, 0.1) is 6.92 Å². The second kappa shape index (κ2) is 4.76. The number of rotatable bonds is 1. The molecule has 0 spiro atoms. The van der Waals surface area contributed by atoms with E-state index in [1.54, 1.807) is 6.92 Å². The smallest absolute Gasteiger partial charge is 0.261 e. The highest BCUT2D eigenvalue weighted by molar-refractivity contribution is 6.00. The van der Waals surface area contributed by atoms with Crippen LogP contribution in [0.2, 0.25) is 0 Å². The summed E-state index contributed by atoms with van der Waals surface area (Å²) in [5.74, 6) is -0.300. The summed E-state index contributed by atoms with van der Waals surface area (Å²) in [7, 11) is 0. The van der Waals surface area contributed by atoms with E-state index in [2.05, 4.69) is 4.98 Å². The molecule has 5 nitrogen and oxygen atoms in total. The molecule has 1 fully saturated rings. The van der Waals surface area contributed by atoms with Crippen LogP contribution in [0.5, 0.6) is 0 Å². The van der Waals surface area contributed by atoms with Crippen molar-refractivity contribution in [1.82, 2.24) is 9.88 Å². The molecule has 0 radical (unpaired) electrons. The van der Waals surface area contributed by atoms with E-state index in [0.29, 0.717) is 25.1 Å². The van der Waals surface area contributed by atoms with Crippen molar-refractivity contribution in [2.45, 2.75) is 19.4 Å². The number of likely N-dealkylation sites (tertiary alicyclic amines) is 1. The molecule has 0 unspecified atom stereocenters. The van der Waals surface area contributed by atoms with Crippen LogP contribution in [0.25, 0.3) is 10.9 Å². The highest BCUT2D eigenvalue weighted by Crippen LogP contribution is 2.19. The van der Waals surface area contributed by atoms with E-state index in [4.69, 9.17) is 0 Å². The van der Waals surface area contributed by atoms with Gasteiger partial charge in [0.15, 0.2) is 0 Å². The van der Waals surface area contributed by atoms with Gasteiger partial charge in [-0.25, -0.2) is 0 Å². The zero-order valence-corrected chi connectivity index (χ0v) is 11.2. The summed E-state index contributed by atoms with van der Waals surface area (Å²) < 4.78 is 0. The van der Waals surface area contributed by atoms with Crippen molar-refractivity contribution in [3.05, 3.63) is 45.7 Å². The van der Waals surface area contributed by atoms with Gasteiger partial charge < -0.3 is 15.0 Å². The number of hydrogen-bond donors (Lipinski definition) is 2. The van der Waals surface area contributed by atoms with Crippen molar-refractivity contribution in [3.63, 3.8) is 0 Å². The van der Waals surface area contributed by atoms with Gasteiger partial charge in [-0.1, -0.05) is 18.2 Å². The SMILES string of the molecule is Cc1c(C(=O)N2CC[C@@H](O)C2)c(=O)[nH]c2ccccc12. The van der Waals surface area contributed by atoms with Gasteiger partial charge in [0.25, 0.3) is 11.5 Å². The third-order valence-electron chi connectivity index (χ3n) is 3.85. The molecule has 5 heteroatoms. The molecule has 1 atom stereocenters. The Kier molecular flexibility index (Phi) is 3.06. The topological polar surface area (TPSA) is 73.4 Å². The number of nitrogens with one attached hydrogen (secondary N) is 1. The standard InChI is InChI=1S/C15H16N2O3/c1-9-11-4-2-3-5-12(11)16-14(19)13(9)15(20)17-7-6-10(18)8-17/h2-5,10,18H,6-8H2,1H3,(H,16,19)/t10-/m1/s1. The van der Waals surface area contributed by atoms with Crippen molar-refractivity contribution in [2.24, 2.45) is 0 Å². The Labute approximate surface area is 115 Å². The number of β-amino-alcohol motifs (C(OH)–C–C–N with tert-alkyl or cyclic N) is 1. The maximum atomic E-state index is 12.5. The number of fused-ring (bicyclic) bond motifs is 1. The number of carbonyl (C=O) groups is 1. The van der Waals surface area contributed by atoms with Crippen LogP contribution in [-0.2, 0) is 0 Å². The molecule has 1 aromatic heterocycles. The fourth-order valence-electron chi connectivity index (χ4n) is 2.75. The largest absolute Gasteiger partial charge is 0.391 e. The van der Waals surface area contributed by atoms with Gasteiger partial charge in [-0.05, 0) is 25.0 Å². The zero-order chi connectivity index (χ0) is 14.3. The molecule has 104 valence electrons. The number of aryl methyl sites for hydroxylation is 1. The first-order chi connectivity index (χ1) is 9.58. The number of aromatic amines is 1. The number of benzene rings is 1. The minimum Gasteiger partial charge on any atom is -0.391 e. The fraction of sp³-hybridized carbons (Fsp3) is 0.333. The van der Waals surface area contributed by atoms with Crippen molar-refractivity contribution in [2.75, 3.05) is 13.1 Å². The molecule has 2 N–H and O–H groups in total. The number of aliphatic hydroxyl groups excluding tert-OH is 1. The number of H-pyrrole nitrogens is 1. The van der Waals surface area contributed by atoms with E-state index in [9.17, 15) is 14.7 Å². The van der Waals surface area contributed by atoms with Crippen LogP contribution in [0.15, 0.2) is 29.1 Å². The molecule has 1 aliphatic heterocycles. The van der Waals surface area contributed by atoms with Gasteiger partial charge in [0.05, 0.1) is 6.10 Å². The molecule has 3 rings (SSSR count). The second-order valence-electron chi connectivity index (χ2n) is 5.19. The van der Waals surface area contributed by atoms with Gasteiger partial charge in [0.2, 0.25) is 0 Å². The van der Waals surface area contributed by atoms with Crippen molar-refractivity contribution in [1.29, 1.82) is 0 Å². The van der Waals surface area contributed by atoms with Crippen LogP contribution < -0.4 is 5.56 Å². The molecule has 1 saturated heterocycles. The van der Waals surface area contributed by atoms with Crippen LogP contribution in [0.4, 0.5) is 0 Å². The summed E-state index contributed by atoms with van der Waals surface area (Å²) in [5, 5.41) is 10.4. The number of hydrogen-bond acceptors (Lipinski definition) is 3. The van der Waals surface area contributed by atoms with E-state index in [0.717, 1.165) is 10.9 Å². The summed E-state index contributed by atoms with van der Waals surface area (Å²) in [6, 6.07) is 7.42. The summed E-state index contributed by atoms with van der Waals surface area (Å²) in [6.07, 6.45) is 0.0785. The van der Waals surface area contributed by atoms with Gasteiger partial charge >= 0.3 is 0 Å². The second-order valence-corrected chi connectivity index (χ2v) is 5.19. The van der Waals surface area contributed by atoms with E-state index in [1.807, 2.05) is 24.3 Å². The van der Waals surface area contributed by atoms with E-state index in [1.165, 1.54) is 4.90 Å². The molecule has 1 aliphatic rings. The van der Waals surface area contributed by atoms with Gasteiger partial charge in [-0.2, -0.15) is 0 Å². The number of carbonyl (C=O) groups excluding carboxylic acids is 1. The minimum absolute atomic E-state index is 0.179. The maximum Gasteiger partial charge on any atom is 0.261 e. The number of aromatic nitrogens is 1. The van der Waals surface area contributed by atoms with Crippen LogP contribution in [0.3, 0.4) is 0 Å². The highest BCUT2D eigenvalue weighted by atomic mass is 16.3. The molecule has 2 aromatic rings. The first-order valence-corrected chi connectivity index (χ1v) is 6.67. The summed E-state index contributed by atoms with van der Waals surface area (Å²) in [6.45, 7) is 2.58. The Morgan fingerprint density at radius 3 is 2.85 bits per heavy atom.